The quantitative estimate of drug-likeness (QED) is 0.913. The van der Waals surface area contributed by atoms with E-state index >= 15 is 0 Å². The summed E-state index contributed by atoms with van der Waals surface area (Å²) in [5, 5.41) is 2.97. The first-order valence-corrected chi connectivity index (χ1v) is 9.02. The molecular formula is C19H26N4O3. The molecule has 3 amide bonds. The van der Waals surface area contributed by atoms with Gasteiger partial charge in [0.15, 0.2) is 11.5 Å². The fourth-order valence-corrected chi connectivity index (χ4v) is 3.13. The first-order chi connectivity index (χ1) is 12.3. The number of aromatic nitrogens is 1. The van der Waals surface area contributed by atoms with Gasteiger partial charge in [-0.1, -0.05) is 13.8 Å². The normalized spacial score (nSPS) is 15.5. The summed E-state index contributed by atoms with van der Waals surface area (Å²) in [6.07, 6.45) is 1.35. The highest BCUT2D eigenvalue weighted by molar-refractivity contribution is 5.94. The van der Waals surface area contributed by atoms with Gasteiger partial charge >= 0.3 is 6.03 Å². The van der Waals surface area contributed by atoms with Gasteiger partial charge in [0.2, 0.25) is 5.91 Å². The van der Waals surface area contributed by atoms with Crippen molar-refractivity contribution in [1.29, 1.82) is 0 Å². The SMILES string of the molecule is CC(C)c1nc2cc(NC(=O)C3CCN(C(=O)N(C)C)CC3)ccc2o1. The minimum Gasteiger partial charge on any atom is -0.440 e. The maximum Gasteiger partial charge on any atom is 0.319 e. The number of amides is 3. The molecule has 0 aliphatic carbocycles. The number of carbonyl (C=O) groups is 2. The van der Waals surface area contributed by atoms with Crippen LogP contribution in [0.3, 0.4) is 0 Å². The molecule has 0 spiro atoms. The highest BCUT2D eigenvalue weighted by Gasteiger charge is 2.28. The number of likely N-dealkylation sites (tertiary alicyclic amines) is 1. The van der Waals surface area contributed by atoms with Crippen LogP contribution in [0.5, 0.6) is 0 Å². The number of benzene rings is 1. The summed E-state index contributed by atoms with van der Waals surface area (Å²) in [5.41, 5.74) is 2.19. The largest absolute Gasteiger partial charge is 0.440 e. The standard InChI is InChI=1S/C19H26N4O3/c1-12(2)18-21-15-11-14(5-6-16(15)26-18)20-17(24)13-7-9-23(10-8-13)19(25)22(3)4/h5-6,11-13H,7-10H2,1-4H3,(H,20,24). The highest BCUT2D eigenvalue weighted by atomic mass is 16.3. The molecule has 1 aliphatic heterocycles. The summed E-state index contributed by atoms with van der Waals surface area (Å²) in [6, 6.07) is 5.51. The van der Waals surface area contributed by atoms with Crippen LogP contribution in [0.25, 0.3) is 11.1 Å². The van der Waals surface area contributed by atoms with Crippen LogP contribution in [0.4, 0.5) is 10.5 Å². The van der Waals surface area contributed by atoms with E-state index in [1.807, 2.05) is 32.0 Å². The van der Waals surface area contributed by atoms with E-state index in [1.54, 1.807) is 23.9 Å². The van der Waals surface area contributed by atoms with Crippen molar-refractivity contribution in [3.63, 3.8) is 0 Å². The van der Waals surface area contributed by atoms with E-state index < -0.39 is 0 Å². The van der Waals surface area contributed by atoms with Gasteiger partial charge in [-0.05, 0) is 31.0 Å². The van der Waals surface area contributed by atoms with Crippen LogP contribution in [-0.4, -0.2) is 53.9 Å². The van der Waals surface area contributed by atoms with Crippen molar-refractivity contribution >= 4 is 28.7 Å². The van der Waals surface area contributed by atoms with Gasteiger partial charge in [-0.2, -0.15) is 0 Å². The van der Waals surface area contributed by atoms with Gasteiger partial charge in [0.05, 0.1) is 0 Å². The summed E-state index contributed by atoms with van der Waals surface area (Å²) in [6.45, 7) is 5.27. The minimum absolute atomic E-state index is 0.00120. The molecule has 0 atom stereocenters. The fraction of sp³-hybridized carbons (Fsp3) is 0.526. The Morgan fingerprint density at radius 2 is 1.96 bits per heavy atom. The van der Waals surface area contributed by atoms with Crippen molar-refractivity contribution in [2.45, 2.75) is 32.6 Å². The number of hydrogen-bond donors (Lipinski definition) is 1. The molecule has 7 heteroatoms. The predicted octanol–water partition coefficient (Wildman–Crippen LogP) is 3.28. The van der Waals surface area contributed by atoms with Crippen LogP contribution >= 0.6 is 0 Å². The second kappa shape index (κ2) is 7.35. The molecule has 1 aromatic carbocycles. The molecule has 7 nitrogen and oxygen atoms in total. The van der Waals surface area contributed by atoms with E-state index in [9.17, 15) is 9.59 Å². The fourth-order valence-electron chi connectivity index (χ4n) is 3.13. The van der Waals surface area contributed by atoms with Crippen LogP contribution in [-0.2, 0) is 4.79 Å². The molecule has 0 saturated carbocycles. The number of anilines is 1. The number of piperidine rings is 1. The Balaban J connectivity index is 1.61. The van der Waals surface area contributed by atoms with Crippen LogP contribution in [0, 0.1) is 5.92 Å². The number of fused-ring (bicyclic) bond motifs is 1. The Labute approximate surface area is 153 Å². The highest BCUT2D eigenvalue weighted by Crippen LogP contribution is 2.25. The number of rotatable bonds is 3. The van der Waals surface area contributed by atoms with E-state index in [-0.39, 0.29) is 23.8 Å². The monoisotopic (exact) mass is 358 g/mol. The average molecular weight is 358 g/mol. The van der Waals surface area contributed by atoms with Gasteiger partial charge in [-0.25, -0.2) is 9.78 Å². The smallest absolute Gasteiger partial charge is 0.319 e. The lowest BCUT2D eigenvalue weighted by Gasteiger charge is -2.33. The molecule has 26 heavy (non-hydrogen) atoms. The summed E-state index contributed by atoms with van der Waals surface area (Å²) in [7, 11) is 3.48. The molecule has 0 bridgehead atoms. The molecule has 2 aromatic rings. The molecule has 1 N–H and O–H groups in total. The molecule has 0 unspecified atom stereocenters. The van der Waals surface area contributed by atoms with Gasteiger partial charge in [0, 0.05) is 44.7 Å². The number of urea groups is 1. The maximum atomic E-state index is 12.6. The molecule has 3 rings (SSSR count). The third-order valence-electron chi connectivity index (χ3n) is 4.68. The summed E-state index contributed by atoms with van der Waals surface area (Å²) in [5.74, 6) is 0.825. The van der Waals surface area contributed by atoms with Crippen LogP contribution in [0.15, 0.2) is 22.6 Å². The lowest BCUT2D eigenvalue weighted by molar-refractivity contribution is -0.121. The van der Waals surface area contributed by atoms with Crippen molar-refractivity contribution < 1.29 is 14.0 Å². The first kappa shape index (κ1) is 18.2. The molecule has 1 saturated heterocycles. The van der Waals surface area contributed by atoms with Crippen LogP contribution < -0.4 is 5.32 Å². The van der Waals surface area contributed by atoms with E-state index in [2.05, 4.69) is 10.3 Å². The third kappa shape index (κ3) is 3.81. The predicted molar refractivity (Wildman–Crippen MR) is 100 cm³/mol. The number of oxazole rings is 1. The van der Waals surface area contributed by atoms with Crippen molar-refractivity contribution in [2.24, 2.45) is 5.92 Å². The van der Waals surface area contributed by atoms with E-state index in [4.69, 9.17) is 4.42 Å². The molecule has 140 valence electrons. The summed E-state index contributed by atoms with van der Waals surface area (Å²) >= 11 is 0. The average Bonchev–Trinajstić information content (AvgIpc) is 3.04. The third-order valence-corrected chi connectivity index (χ3v) is 4.68. The zero-order valence-corrected chi connectivity index (χ0v) is 15.8. The van der Waals surface area contributed by atoms with Crippen molar-refractivity contribution in [1.82, 2.24) is 14.8 Å². The van der Waals surface area contributed by atoms with Crippen LogP contribution in [0.2, 0.25) is 0 Å². The number of hydrogen-bond acceptors (Lipinski definition) is 4. The summed E-state index contributed by atoms with van der Waals surface area (Å²) < 4.78 is 5.69. The molecule has 1 aliphatic rings. The van der Waals surface area contributed by atoms with Gasteiger partial charge < -0.3 is 19.5 Å². The summed E-state index contributed by atoms with van der Waals surface area (Å²) in [4.78, 5) is 32.4. The lowest BCUT2D eigenvalue weighted by Crippen LogP contribution is -2.45. The van der Waals surface area contributed by atoms with Crippen molar-refractivity contribution in [2.75, 3.05) is 32.5 Å². The minimum atomic E-state index is -0.0829. The van der Waals surface area contributed by atoms with Crippen molar-refractivity contribution in [3.05, 3.63) is 24.1 Å². The topological polar surface area (TPSA) is 78.7 Å². The second-order valence-corrected chi connectivity index (χ2v) is 7.32. The van der Waals surface area contributed by atoms with Gasteiger partial charge in [-0.15, -0.1) is 0 Å². The van der Waals surface area contributed by atoms with E-state index in [0.717, 1.165) is 16.8 Å². The Bertz CT molecular complexity index is 804. The number of carbonyl (C=O) groups excluding carboxylic acids is 2. The molecule has 0 radical (unpaired) electrons. The molecule has 2 heterocycles. The lowest BCUT2D eigenvalue weighted by atomic mass is 9.96. The van der Waals surface area contributed by atoms with E-state index in [1.165, 1.54) is 0 Å². The van der Waals surface area contributed by atoms with Gasteiger partial charge in [0.1, 0.15) is 5.52 Å². The zero-order chi connectivity index (χ0) is 18.8. The second-order valence-electron chi connectivity index (χ2n) is 7.32. The van der Waals surface area contributed by atoms with Crippen LogP contribution in [0.1, 0.15) is 38.5 Å². The number of nitrogens with zero attached hydrogens (tertiary/aromatic N) is 3. The van der Waals surface area contributed by atoms with Gasteiger partial charge in [0.25, 0.3) is 0 Å². The molecule has 1 aromatic heterocycles. The first-order valence-electron chi connectivity index (χ1n) is 9.02. The van der Waals surface area contributed by atoms with E-state index in [0.29, 0.717) is 31.8 Å². The zero-order valence-electron chi connectivity index (χ0n) is 15.8. The Morgan fingerprint density at radius 1 is 1.27 bits per heavy atom. The van der Waals surface area contributed by atoms with Crippen molar-refractivity contribution in [3.8, 4) is 0 Å². The number of nitrogens with one attached hydrogen (secondary N) is 1. The van der Waals surface area contributed by atoms with Gasteiger partial charge in [-0.3, -0.25) is 4.79 Å². The molecule has 1 fully saturated rings. The Hall–Kier alpha value is -2.57. The Morgan fingerprint density at radius 3 is 2.58 bits per heavy atom. The molecular weight excluding hydrogens is 332 g/mol. The Kier molecular flexibility index (Phi) is 5.15. The maximum absolute atomic E-state index is 12.6.